The van der Waals surface area contributed by atoms with Crippen molar-refractivity contribution in [3.05, 3.63) is 96.1 Å². The van der Waals surface area contributed by atoms with E-state index in [1.807, 2.05) is 60.3 Å². The lowest BCUT2D eigenvalue weighted by Gasteiger charge is -2.38. The summed E-state index contributed by atoms with van der Waals surface area (Å²) in [5.41, 5.74) is 7.45. The molecule has 0 spiro atoms. The van der Waals surface area contributed by atoms with E-state index in [0.717, 1.165) is 59.6 Å². The minimum atomic E-state index is -0.809. The van der Waals surface area contributed by atoms with Gasteiger partial charge in [-0.05, 0) is 35.4 Å². The van der Waals surface area contributed by atoms with Crippen LogP contribution < -0.4 is 10.5 Å². The van der Waals surface area contributed by atoms with Crippen LogP contribution in [0.5, 0.6) is 5.75 Å². The largest absolute Gasteiger partial charge is 0.497 e. The normalized spacial score (nSPS) is 20.2. The maximum absolute atomic E-state index is 13.3. The number of carbonyl (C=O) groups is 1. The van der Waals surface area contributed by atoms with E-state index in [1.54, 1.807) is 7.11 Å². The van der Waals surface area contributed by atoms with Crippen LogP contribution >= 0.6 is 11.8 Å². The van der Waals surface area contributed by atoms with Crippen molar-refractivity contribution in [2.45, 2.75) is 23.2 Å². The van der Waals surface area contributed by atoms with Crippen molar-refractivity contribution >= 4 is 17.7 Å². The van der Waals surface area contributed by atoms with Crippen molar-refractivity contribution in [1.82, 2.24) is 0 Å². The van der Waals surface area contributed by atoms with E-state index in [-0.39, 0.29) is 11.8 Å². The van der Waals surface area contributed by atoms with Crippen molar-refractivity contribution < 1.29 is 14.0 Å². The number of methoxy groups -OCH3 is 1. The molecule has 1 heterocycles. The average Bonchev–Trinajstić information content (AvgIpc) is 3.26. The van der Waals surface area contributed by atoms with Gasteiger partial charge in [0.2, 0.25) is 5.91 Å². The van der Waals surface area contributed by atoms with Gasteiger partial charge < -0.3 is 15.0 Å². The van der Waals surface area contributed by atoms with Crippen molar-refractivity contribution in [2.24, 2.45) is 11.7 Å². The zero-order chi connectivity index (χ0) is 24.0. The molecule has 1 unspecified atom stereocenters. The van der Waals surface area contributed by atoms with E-state index in [0.29, 0.717) is 0 Å². The van der Waals surface area contributed by atoms with E-state index in [2.05, 4.69) is 43.4 Å². The Morgan fingerprint density at radius 2 is 1.59 bits per heavy atom. The van der Waals surface area contributed by atoms with E-state index in [9.17, 15) is 4.79 Å². The van der Waals surface area contributed by atoms with Gasteiger partial charge in [-0.3, -0.25) is 4.79 Å². The lowest BCUT2D eigenvalue weighted by molar-refractivity contribution is -0.899. The highest BCUT2D eigenvalue weighted by Gasteiger charge is 2.53. The Hall–Kier alpha value is -2.76. The molecule has 5 heteroatoms. The summed E-state index contributed by atoms with van der Waals surface area (Å²) in [6, 6.07) is 28.5. The first-order valence-corrected chi connectivity index (χ1v) is 13.0. The molecule has 2 atom stereocenters. The fourth-order valence-corrected chi connectivity index (χ4v) is 6.41. The van der Waals surface area contributed by atoms with E-state index >= 15 is 0 Å². The fraction of sp³-hybridized carbons (Fsp3) is 0.345. The first-order chi connectivity index (χ1) is 16.5. The predicted octanol–water partition coefficient (Wildman–Crippen LogP) is 5.12. The summed E-state index contributed by atoms with van der Waals surface area (Å²) in [6.45, 7) is 3.10. The predicted molar refractivity (Wildman–Crippen MR) is 140 cm³/mol. The minimum Gasteiger partial charge on any atom is -0.497 e. The Bertz CT molecular complexity index is 1030. The van der Waals surface area contributed by atoms with Crippen LogP contribution in [0.15, 0.2) is 89.8 Å². The first kappa shape index (κ1) is 24.4. The Morgan fingerprint density at radius 3 is 2.12 bits per heavy atom. The summed E-state index contributed by atoms with van der Waals surface area (Å²) < 4.78 is 6.22. The summed E-state index contributed by atoms with van der Waals surface area (Å²) in [6.07, 6.45) is 2.11. The third-order valence-electron chi connectivity index (χ3n) is 7.31. The zero-order valence-corrected chi connectivity index (χ0v) is 21.0. The summed E-state index contributed by atoms with van der Waals surface area (Å²) in [4.78, 5) is 14.6. The number of carbonyl (C=O) groups excluding carboxylic acids is 1. The van der Waals surface area contributed by atoms with Gasteiger partial charge in [-0.1, -0.05) is 60.7 Å². The number of rotatable bonds is 10. The number of hydrogen-bond acceptors (Lipinski definition) is 3. The summed E-state index contributed by atoms with van der Waals surface area (Å²) in [5.74, 6) is 1.87. The number of thioether (sulfide) groups is 1. The van der Waals surface area contributed by atoms with Crippen LogP contribution in [0.4, 0.5) is 0 Å². The van der Waals surface area contributed by atoms with Gasteiger partial charge in [0.25, 0.3) is 0 Å². The van der Waals surface area contributed by atoms with Gasteiger partial charge in [-0.15, -0.1) is 11.8 Å². The molecule has 4 nitrogen and oxygen atoms in total. The van der Waals surface area contributed by atoms with Crippen LogP contribution in [0.1, 0.15) is 24.0 Å². The molecule has 0 aromatic heterocycles. The van der Waals surface area contributed by atoms with E-state index < -0.39 is 5.41 Å². The number of nitrogens with zero attached hydrogens (tertiary/aromatic N) is 1. The van der Waals surface area contributed by atoms with Crippen molar-refractivity contribution in [2.75, 3.05) is 39.5 Å². The molecule has 0 saturated carbocycles. The number of likely N-dealkylation sites (tertiary alicyclic amines) is 1. The second-order valence-electron chi connectivity index (χ2n) is 9.52. The number of benzene rings is 3. The highest BCUT2D eigenvalue weighted by molar-refractivity contribution is 7.99. The summed E-state index contributed by atoms with van der Waals surface area (Å²) in [7, 11) is 4.03. The number of primary amides is 1. The monoisotopic (exact) mass is 475 g/mol. The fourth-order valence-electron chi connectivity index (χ4n) is 5.57. The molecular weight excluding hydrogens is 440 g/mol. The van der Waals surface area contributed by atoms with Gasteiger partial charge in [0.05, 0.1) is 33.8 Å². The third kappa shape index (κ3) is 5.01. The molecule has 178 valence electrons. The Balaban J connectivity index is 1.48. The maximum Gasteiger partial charge on any atom is 0.233 e. The standard InChI is InChI=1S/C29H34N2O2S/c1-31(19-9-21-34-27-16-14-26(33-2)15-17-27)20-18-25(22-31)29(28(30)32,23-10-5-3-6-11-23)24-12-7-4-8-13-24/h3-8,10-17,25H,9,18-22H2,1-2H3,(H-,30,32)/p+1/t25?,31-/m1/s1. The molecule has 0 aliphatic carbocycles. The van der Waals surface area contributed by atoms with Crippen LogP contribution in [0.3, 0.4) is 0 Å². The van der Waals surface area contributed by atoms with Crippen molar-refractivity contribution in [1.29, 1.82) is 0 Å². The van der Waals surface area contributed by atoms with Gasteiger partial charge >= 0.3 is 0 Å². The van der Waals surface area contributed by atoms with Crippen LogP contribution in [0.25, 0.3) is 0 Å². The Kier molecular flexibility index (Phi) is 7.64. The molecule has 4 rings (SSSR count). The number of amides is 1. The Labute approximate surface area is 207 Å². The molecule has 1 fully saturated rings. The van der Waals surface area contributed by atoms with Crippen molar-refractivity contribution in [3.63, 3.8) is 0 Å². The second kappa shape index (κ2) is 10.7. The van der Waals surface area contributed by atoms with E-state index in [1.165, 1.54) is 4.90 Å². The minimum absolute atomic E-state index is 0.161. The average molecular weight is 476 g/mol. The molecule has 1 aliphatic heterocycles. The number of ether oxygens (including phenoxy) is 1. The lowest BCUT2D eigenvalue weighted by Crippen LogP contribution is -2.51. The molecule has 0 bridgehead atoms. The number of nitrogens with two attached hydrogens (primary N) is 1. The van der Waals surface area contributed by atoms with Gasteiger partial charge in [0.15, 0.2) is 0 Å². The van der Waals surface area contributed by atoms with Crippen LogP contribution in [0, 0.1) is 5.92 Å². The quantitative estimate of drug-likeness (QED) is 0.252. The van der Waals surface area contributed by atoms with Gasteiger partial charge in [0.1, 0.15) is 11.2 Å². The summed E-state index contributed by atoms with van der Waals surface area (Å²) >= 11 is 1.89. The second-order valence-corrected chi connectivity index (χ2v) is 10.7. The zero-order valence-electron chi connectivity index (χ0n) is 20.2. The van der Waals surface area contributed by atoms with Gasteiger partial charge in [-0.25, -0.2) is 0 Å². The molecule has 1 amide bonds. The number of hydrogen-bond donors (Lipinski definition) is 1. The van der Waals surface area contributed by atoms with E-state index in [4.69, 9.17) is 10.5 Å². The highest BCUT2D eigenvalue weighted by atomic mass is 32.2. The van der Waals surface area contributed by atoms with Crippen LogP contribution in [-0.2, 0) is 10.2 Å². The van der Waals surface area contributed by atoms with Gasteiger partial charge in [-0.2, -0.15) is 0 Å². The number of quaternary nitrogens is 1. The molecule has 34 heavy (non-hydrogen) atoms. The molecule has 3 aromatic carbocycles. The SMILES string of the molecule is COc1ccc(SCCC[N@+]2(C)CCC(C(C(N)=O)(c3ccccc3)c3ccccc3)C2)cc1. The topological polar surface area (TPSA) is 52.3 Å². The van der Waals surface area contributed by atoms with Crippen LogP contribution in [0.2, 0.25) is 0 Å². The molecule has 3 aromatic rings. The first-order valence-electron chi connectivity index (χ1n) is 12.0. The molecule has 1 saturated heterocycles. The highest BCUT2D eigenvalue weighted by Crippen LogP contribution is 2.45. The molecule has 0 radical (unpaired) electrons. The van der Waals surface area contributed by atoms with Gasteiger partial charge in [0, 0.05) is 29.4 Å². The Morgan fingerprint density at radius 1 is 1.00 bits per heavy atom. The summed E-state index contributed by atoms with van der Waals surface area (Å²) in [5, 5.41) is 0. The third-order valence-corrected chi connectivity index (χ3v) is 8.41. The smallest absolute Gasteiger partial charge is 0.233 e. The molecular formula is C29H35N2O2S+. The maximum atomic E-state index is 13.3. The molecule has 2 N–H and O–H groups in total. The lowest BCUT2D eigenvalue weighted by atomic mass is 9.64. The van der Waals surface area contributed by atoms with Crippen molar-refractivity contribution in [3.8, 4) is 5.75 Å². The molecule has 1 aliphatic rings. The van der Waals surface area contributed by atoms with Crippen LogP contribution in [-0.4, -0.2) is 49.9 Å².